The van der Waals surface area contributed by atoms with Gasteiger partial charge in [0, 0.05) is 6.20 Å². The third-order valence-corrected chi connectivity index (χ3v) is 4.52. The Morgan fingerprint density at radius 1 is 1.17 bits per heavy atom. The van der Waals surface area contributed by atoms with Gasteiger partial charge in [0.1, 0.15) is 0 Å². The monoisotopic (exact) mass is 349 g/mol. The molecule has 3 heterocycles. The lowest BCUT2D eigenvalue weighted by Crippen LogP contribution is -2.34. The molecule has 0 radical (unpaired) electrons. The summed E-state index contributed by atoms with van der Waals surface area (Å²) in [6.07, 6.45) is 5.66. The average Bonchev–Trinajstić information content (AvgIpc) is 3.25. The van der Waals surface area contributed by atoms with Gasteiger partial charge >= 0.3 is 0 Å². The minimum absolute atomic E-state index is 0. The highest BCUT2D eigenvalue weighted by atomic mass is 35.5. The van der Waals surface area contributed by atoms with E-state index in [1.54, 1.807) is 6.20 Å². The van der Waals surface area contributed by atoms with E-state index in [-0.39, 0.29) is 18.3 Å². The van der Waals surface area contributed by atoms with Crippen LogP contribution in [0.2, 0.25) is 0 Å². The smallest absolute Gasteiger partial charge is 0.259 e. The number of rotatable bonds is 3. The Morgan fingerprint density at radius 2 is 1.92 bits per heavy atom. The van der Waals surface area contributed by atoms with Gasteiger partial charge < -0.3 is 14.8 Å². The van der Waals surface area contributed by atoms with Gasteiger partial charge in [0.15, 0.2) is 5.82 Å². The quantitative estimate of drug-likeness (QED) is 0.770. The van der Waals surface area contributed by atoms with Crippen molar-refractivity contribution in [3.63, 3.8) is 0 Å². The molecule has 7 nitrogen and oxygen atoms in total. The molecular weight excluding hydrogens is 330 g/mol. The maximum Gasteiger partial charge on any atom is 0.259 e. The van der Waals surface area contributed by atoms with Crippen LogP contribution in [-0.2, 0) is 5.54 Å². The van der Waals surface area contributed by atoms with Crippen LogP contribution in [0.15, 0.2) is 21.3 Å². The molecule has 8 heteroatoms. The van der Waals surface area contributed by atoms with E-state index in [1.807, 2.05) is 6.07 Å². The highest BCUT2D eigenvalue weighted by molar-refractivity contribution is 5.85. The molecule has 0 saturated heterocycles. The zero-order chi connectivity index (χ0) is 16.0. The lowest BCUT2D eigenvalue weighted by molar-refractivity contribution is 0.372. The van der Waals surface area contributed by atoms with Crippen molar-refractivity contribution in [2.24, 2.45) is 5.73 Å². The minimum Gasteiger partial charge on any atom is -0.336 e. The van der Waals surface area contributed by atoms with Crippen molar-refractivity contribution in [1.82, 2.24) is 20.3 Å². The van der Waals surface area contributed by atoms with E-state index in [9.17, 15) is 0 Å². The highest BCUT2D eigenvalue weighted by Crippen LogP contribution is 2.35. The van der Waals surface area contributed by atoms with Crippen LogP contribution in [0, 0.1) is 0 Å². The predicted molar refractivity (Wildman–Crippen MR) is 90.8 cm³/mol. The third kappa shape index (κ3) is 2.67. The summed E-state index contributed by atoms with van der Waals surface area (Å²) < 4.78 is 10.7. The van der Waals surface area contributed by atoms with Crippen molar-refractivity contribution in [3.05, 3.63) is 23.8 Å². The van der Waals surface area contributed by atoms with Gasteiger partial charge in [-0.2, -0.15) is 4.98 Å². The van der Waals surface area contributed by atoms with Crippen LogP contribution in [-0.4, -0.2) is 20.3 Å². The van der Waals surface area contributed by atoms with Gasteiger partial charge in [-0.3, -0.25) is 0 Å². The van der Waals surface area contributed by atoms with E-state index in [0.29, 0.717) is 17.4 Å². The summed E-state index contributed by atoms with van der Waals surface area (Å²) in [5, 5.41) is 9.05. The van der Waals surface area contributed by atoms with Gasteiger partial charge in [-0.1, -0.05) is 37.0 Å². The maximum absolute atomic E-state index is 6.38. The van der Waals surface area contributed by atoms with Crippen molar-refractivity contribution in [2.75, 3.05) is 0 Å². The number of nitrogens with two attached hydrogens (primary N) is 1. The van der Waals surface area contributed by atoms with Crippen LogP contribution in [0.5, 0.6) is 0 Å². The van der Waals surface area contributed by atoms with Crippen molar-refractivity contribution >= 4 is 23.5 Å². The molecule has 1 saturated carbocycles. The van der Waals surface area contributed by atoms with Gasteiger partial charge in [0.2, 0.25) is 0 Å². The predicted octanol–water partition coefficient (Wildman–Crippen LogP) is 3.55. The Bertz CT molecular complexity index is 851. The highest BCUT2D eigenvalue weighted by Gasteiger charge is 2.36. The number of hydrogen-bond acceptors (Lipinski definition) is 7. The maximum atomic E-state index is 6.38. The summed E-state index contributed by atoms with van der Waals surface area (Å²) in [6.45, 7) is 4.13. The van der Waals surface area contributed by atoms with Crippen molar-refractivity contribution in [2.45, 2.75) is 51.0 Å². The van der Waals surface area contributed by atoms with Crippen LogP contribution < -0.4 is 5.73 Å². The minimum atomic E-state index is -0.459. The molecule has 0 spiro atoms. The summed E-state index contributed by atoms with van der Waals surface area (Å²) >= 11 is 0. The van der Waals surface area contributed by atoms with Crippen LogP contribution >= 0.6 is 12.4 Å². The first-order chi connectivity index (χ1) is 11.1. The molecule has 0 amide bonds. The largest absolute Gasteiger partial charge is 0.336 e. The summed E-state index contributed by atoms with van der Waals surface area (Å²) in [6, 6.07) is 1.93. The average molecular weight is 350 g/mol. The number of hydrogen-bond donors (Lipinski definition) is 1. The van der Waals surface area contributed by atoms with Gasteiger partial charge in [-0.15, -0.1) is 12.4 Å². The van der Waals surface area contributed by atoms with Crippen LogP contribution in [0.1, 0.15) is 57.0 Å². The van der Waals surface area contributed by atoms with Gasteiger partial charge in [0.05, 0.1) is 22.2 Å². The fraction of sp³-hybridized carbons (Fsp3) is 0.500. The van der Waals surface area contributed by atoms with E-state index in [1.165, 1.54) is 0 Å². The lowest BCUT2D eigenvalue weighted by Gasteiger charge is -2.17. The van der Waals surface area contributed by atoms with E-state index < -0.39 is 5.54 Å². The number of fused-ring (bicyclic) bond motifs is 1. The fourth-order valence-corrected chi connectivity index (χ4v) is 3.16. The molecule has 128 valence electrons. The van der Waals surface area contributed by atoms with Crippen molar-refractivity contribution in [3.8, 4) is 11.5 Å². The van der Waals surface area contributed by atoms with Gasteiger partial charge in [-0.05, 0) is 24.8 Å². The molecule has 1 aliphatic rings. The second kappa shape index (κ2) is 6.14. The molecule has 0 bridgehead atoms. The Labute approximate surface area is 145 Å². The summed E-state index contributed by atoms with van der Waals surface area (Å²) in [4.78, 5) is 8.80. The topological polar surface area (TPSA) is 104 Å². The Kier molecular flexibility index (Phi) is 4.31. The molecule has 0 aliphatic heterocycles. The first-order valence-corrected chi connectivity index (χ1v) is 7.95. The van der Waals surface area contributed by atoms with E-state index in [4.69, 9.17) is 14.8 Å². The van der Waals surface area contributed by atoms with Crippen LogP contribution in [0.25, 0.3) is 22.6 Å². The van der Waals surface area contributed by atoms with Crippen molar-refractivity contribution in [1.29, 1.82) is 0 Å². The molecule has 1 aliphatic carbocycles. The van der Waals surface area contributed by atoms with E-state index in [2.05, 4.69) is 34.1 Å². The van der Waals surface area contributed by atoms with Crippen LogP contribution in [0.3, 0.4) is 0 Å². The molecule has 4 rings (SSSR count). The molecular formula is C16H20ClN5O2. The second-order valence-corrected chi connectivity index (χ2v) is 6.59. The molecule has 1 fully saturated rings. The second-order valence-electron chi connectivity index (χ2n) is 6.59. The molecule has 0 aromatic carbocycles. The summed E-state index contributed by atoms with van der Waals surface area (Å²) in [5.41, 5.74) is 8.07. The number of pyridine rings is 1. The molecule has 3 aromatic rings. The SMILES string of the molecule is CC(C)c1noc2ncc(-c3nc(C4(N)CCCC4)no3)cc12.Cl. The Balaban J connectivity index is 0.00000169. The van der Waals surface area contributed by atoms with E-state index >= 15 is 0 Å². The Morgan fingerprint density at radius 3 is 2.62 bits per heavy atom. The van der Waals surface area contributed by atoms with E-state index in [0.717, 1.165) is 42.3 Å². The number of aromatic nitrogens is 4. The zero-order valence-corrected chi connectivity index (χ0v) is 14.5. The molecule has 0 unspecified atom stereocenters. The fourth-order valence-electron chi connectivity index (χ4n) is 3.16. The summed E-state index contributed by atoms with van der Waals surface area (Å²) in [5.74, 6) is 1.26. The van der Waals surface area contributed by atoms with Gasteiger partial charge in [0.25, 0.3) is 11.6 Å². The standard InChI is InChI=1S/C16H19N5O2.ClH/c1-9(2)12-11-7-10(8-18-14(11)23-20-12)13-19-15(21-22-13)16(17)5-3-4-6-16;/h7-9H,3-6,17H2,1-2H3;1H. The first kappa shape index (κ1) is 16.9. The molecule has 3 aromatic heterocycles. The Hall–Kier alpha value is -1.99. The molecule has 2 N–H and O–H groups in total. The normalized spacial score (nSPS) is 16.7. The zero-order valence-electron chi connectivity index (χ0n) is 13.7. The third-order valence-electron chi connectivity index (χ3n) is 4.52. The number of halogens is 1. The molecule has 0 atom stereocenters. The number of nitrogens with zero attached hydrogens (tertiary/aromatic N) is 4. The first-order valence-electron chi connectivity index (χ1n) is 7.95. The summed E-state index contributed by atoms with van der Waals surface area (Å²) in [7, 11) is 0. The lowest BCUT2D eigenvalue weighted by atomic mass is 9.99. The van der Waals surface area contributed by atoms with Crippen LogP contribution in [0.4, 0.5) is 0 Å². The van der Waals surface area contributed by atoms with Gasteiger partial charge in [-0.25, -0.2) is 4.98 Å². The molecule has 24 heavy (non-hydrogen) atoms. The van der Waals surface area contributed by atoms with Crippen molar-refractivity contribution < 1.29 is 9.05 Å².